The fourth-order valence-corrected chi connectivity index (χ4v) is 6.04. The van der Waals surface area contributed by atoms with Crippen LogP contribution in [0.2, 0.25) is 5.02 Å². The van der Waals surface area contributed by atoms with Crippen LogP contribution in [-0.2, 0) is 4.79 Å². The van der Waals surface area contributed by atoms with Crippen LogP contribution in [0, 0.1) is 17.2 Å². The maximum absolute atomic E-state index is 14.4. The highest BCUT2D eigenvalue weighted by Gasteiger charge is 2.65. The molecule has 7 nitrogen and oxygen atoms in total. The average molecular weight is 564 g/mol. The molecule has 1 fully saturated rings. The Morgan fingerprint density at radius 2 is 1.51 bits per heavy atom. The van der Waals surface area contributed by atoms with E-state index < -0.39 is 35.4 Å². The van der Waals surface area contributed by atoms with Gasteiger partial charge in [0.25, 0.3) is 0 Å². The highest BCUT2D eigenvalue weighted by molar-refractivity contribution is 6.30. The van der Waals surface area contributed by atoms with Crippen molar-refractivity contribution in [2.75, 3.05) is 5.32 Å². The zero-order valence-corrected chi connectivity index (χ0v) is 22.8. The van der Waals surface area contributed by atoms with Crippen LogP contribution >= 0.6 is 11.6 Å². The maximum atomic E-state index is 14.4. The number of carbonyl (C=O) groups excluding carboxylic acids is 2. The van der Waals surface area contributed by atoms with Crippen molar-refractivity contribution in [3.63, 3.8) is 0 Å². The Morgan fingerprint density at radius 3 is 2.10 bits per heavy atom. The van der Waals surface area contributed by atoms with Gasteiger partial charge in [-0.3, -0.25) is 9.69 Å². The standard InChI is InChI=1S/C33H26ClN3O4/c1-33(31(39)40)28(22-9-4-2-5-10-22)27(30(38)24-11-6-3-7-12-24)29(23-17-15-21(20-35)16-18-23)37(33)32(41)36-26-14-8-13-25(34)19-26/h2-19,27-29H,1H3,(H,36,41)(H,39,40). The van der Waals surface area contributed by atoms with Crippen LogP contribution in [0.15, 0.2) is 109 Å². The van der Waals surface area contributed by atoms with E-state index in [4.69, 9.17) is 11.6 Å². The molecule has 0 aromatic heterocycles. The molecule has 1 aliphatic rings. The summed E-state index contributed by atoms with van der Waals surface area (Å²) in [6.07, 6.45) is 0. The number of carboxylic acid groups (broad SMARTS) is 1. The topological polar surface area (TPSA) is 110 Å². The van der Waals surface area contributed by atoms with Crippen LogP contribution in [0.5, 0.6) is 0 Å². The number of aliphatic carboxylic acids is 1. The fraction of sp³-hybridized carbons (Fsp3) is 0.152. The molecule has 0 spiro atoms. The number of nitriles is 1. The molecule has 204 valence electrons. The van der Waals surface area contributed by atoms with Gasteiger partial charge >= 0.3 is 12.0 Å². The number of carbonyl (C=O) groups is 3. The van der Waals surface area contributed by atoms with Crippen LogP contribution in [0.1, 0.15) is 45.9 Å². The Labute approximate surface area is 242 Å². The SMILES string of the molecule is CC1(C(=O)O)C(c2ccccc2)C(C(=O)c2ccccc2)C(c2ccc(C#N)cc2)N1C(=O)Nc1cccc(Cl)c1. The summed E-state index contributed by atoms with van der Waals surface area (Å²) in [5.74, 6) is -3.44. The zero-order valence-electron chi connectivity index (χ0n) is 22.1. The van der Waals surface area contributed by atoms with Crippen LogP contribution in [0.3, 0.4) is 0 Å². The van der Waals surface area contributed by atoms with Gasteiger partial charge < -0.3 is 10.4 Å². The first-order valence-electron chi connectivity index (χ1n) is 13.0. The lowest BCUT2D eigenvalue weighted by molar-refractivity contribution is -0.148. The number of halogens is 1. The Bertz CT molecular complexity index is 1640. The number of urea groups is 1. The molecule has 4 aromatic rings. The van der Waals surface area contributed by atoms with Gasteiger partial charge in [-0.25, -0.2) is 9.59 Å². The first-order chi connectivity index (χ1) is 19.8. The molecule has 2 amide bonds. The van der Waals surface area contributed by atoms with E-state index in [0.29, 0.717) is 33.0 Å². The first-order valence-corrected chi connectivity index (χ1v) is 13.4. The summed E-state index contributed by atoms with van der Waals surface area (Å²) in [6.45, 7) is 1.49. The number of likely N-dealkylation sites (tertiary alicyclic amines) is 1. The van der Waals surface area contributed by atoms with Gasteiger partial charge in [-0.2, -0.15) is 5.26 Å². The molecular weight excluding hydrogens is 538 g/mol. The van der Waals surface area contributed by atoms with Crippen LogP contribution in [0.25, 0.3) is 0 Å². The van der Waals surface area contributed by atoms with E-state index >= 15 is 0 Å². The summed E-state index contributed by atoms with van der Waals surface area (Å²) >= 11 is 6.15. The Kier molecular flexibility index (Phi) is 7.60. The number of carboxylic acids is 1. The second-order valence-electron chi connectivity index (χ2n) is 10.1. The summed E-state index contributed by atoms with van der Waals surface area (Å²) in [5.41, 5.74) is 0.476. The molecule has 1 aliphatic heterocycles. The summed E-state index contributed by atoms with van der Waals surface area (Å²) < 4.78 is 0. The predicted octanol–water partition coefficient (Wildman–Crippen LogP) is 6.93. The molecule has 0 aliphatic carbocycles. The Hall–Kier alpha value is -4.93. The summed E-state index contributed by atoms with van der Waals surface area (Å²) in [5, 5.41) is 23.4. The second kappa shape index (κ2) is 11.3. The molecule has 5 rings (SSSR count). The Balaban J connectivity index is 1.76. The summed E-state index contributed by atoms with van der Waals surface area (Å²) in [6, 6.07) is 31.1. The molecule has 4 atom stereocenters. The molecule has 0 bridgehead atoms. The number of nitrogens with one attached hydrogen (secondary N) is 1. The van der Waals surface area contributed by atoms with Crippen molar-refractivity contribution in [1.82, 2.24) is 4.90 Å². The zero-order chi connectivity index (χ0) is 29.1. The fourth-order valence-electron chi connectivity index (χ4n) is 5.85. The van der Waals surface area contributed by atoms with Crippen molar-refractivity contribution in [1.29, 1.82) is 5.26 Å². The maximum Gasteiger partial charge on any atom is 0.330 e. The van der Waals surface area contributed by atoms with E-state index in [1.165, 1.54) is 11.8 Å². The average Bonchev–Trinajstić information content (AvgIpc) is 3.28. The highest BCUT2D eigenvalue weighted by Crippen LogP contribution is 2.56. The molecule has 41 heavy (non-hydrogen) atoms. The molecular formula is C33H26ClN3O4. The molecule has 0 saturated carbocycles. The molecule has 2 N–H and O–H groups in total. The van der Waals surface area contributed by atoms with Gasteiger partial charge in [0.1, 0.15) is 5.54 Å². The number of nitrogens with zero attached hydrogens (tertiary/aromatic N) is 2. The third kappa shape index (κ3) is 5.06. The van der Waals surface area contributed by atoms with E-state index in [1.54, 1.807) is 103 Å². The van der Waals surface area contributed by atoms with E-state index in [0.717, 1.165) is 0 Å². The third-order valence-corrected chi connectivity index (χ3v) is 7.95. The quantitative estimate of drug-likeness (QED) is 0.247. The van der Waals surface area contributed by atoms with Crippen molar-refractivity contribution in [2.24, 2.45) is 5.92 Å². The van der Waals surface area contributed by atoms with Gasteiger partial charge in [-0.1, -0.05) is 90.5 Å². The number of amides is 2. The highest BCUT2D eigenvalue weighted by atomic mass is 35.5. The molecule has 1 saturated heterocycles. The number of anilines is 1. The third-order valence-electron chi connectivity index (χ3n) is 7.71. The lowest BCUT2D eigenvalue weighted by Gasteiger charge is -2.37. The van der Waals surface area contributed by atoms with Crippen molar-refractivity contribution in [3.8, 4) is 6.07 Å². The lowest BCUT2D eigenvalue weighted by atomic mass is 9.71. The van der Waals surface area contributed by atoms with E-state index in [1.807, 2.05) is 6.07 Å². The van der Waals surface area contributed by atoms with Crippen molar-refractivity contribution in [3.05, 3.63) is 136 Å². The van der Waals surface area contributed by atoms with E-state index in [-0.39, 0.29) is 5.78 Å². The summed E-state index contributed by atoms with van der Waals surface area (Å²) in [7, 11) is 0. The first kappa shape index (κ1) is 27.6. The van der Waals surface area contributed by atoms with E-state index in [2.05, 4.69) is 11.4 Å². The van der Waals surface area contributed by atoms with Gasteiger partial charge in [0.2, 0.25) is 0 Å². The lowest BCUT2D eigenvalue weighted by Crippen LogP contribution is -2.55. The number of hydrogen-bond donors (Lipinski definition) is 2. The molecule has 8 heteroatoms. The molecule has 4 aromatic carbocycles. The molecule has 0 radical (unpaired) electrons. The minimum atomic E-state index is -1.85. The number of rotatable bonds is 6. The van der Waals surface area contributed by atoms with Gasteiger partial charge in [0, 0.05) is 22.2 Å². The van der Waals surface area contributed by atoms with Crippen molar-refractivity contribution < 1.29 is 19.5 Å². The number of ketones is 1. The minimum Gasteiger partial charge on any atom is -0.479 e. The van der Waals surface area contributed by atoms with Crippen molar-refractivity contribution >= 4 is 35.1 Å². The van der Waals surface area contributed by atoms with Gasteiger partial charge in [-0.05, 0) is 48.4 Å². The normalized spacial score (nSPS) is 21.6. The Morgan fingerprint density at radius 1 is 0.878 bits per heavy atom. The predicted molar refractivity (Wildman–Crippen MR) is 156 cm³/mol. The summed E-state index contributed by atoms with van der Waals surface area (Å²) in [4.78, 5) is 43.2. The van der Waals surface area contributed by atoms with Gasteiger partial charge in [-0.15, -0.1) is 0 Å². The van der Waals surface area contributed by atoms with Crippen LogP contribution in [0.4, 0.5) is 10.5 Å². The molecule has 4 unspecified atom stereocenters. The molecule has 1 heterocycles. The monoisotopic (exact) mass is 563 g/mol. The number of hydrogen-bond acceptors (Lipinski definition) is 4. The number of Topliss-reactive ketones (excluding diaryl/α,β-unsaturated/α-hetero) is 1. The van der Waals surface area contributed by atoms with Gasteiger partial charge in [0.05, 0.1) is 23.6 Å². The number of benzene rings is 4. The smallest absolute Gasteiger partial charge is 0.330 e. The minimum absolute atomic E-state index is 0.292. The second-order valence-corrected chi connectivity index (χ2v) is 10.5. The van der Waals surface area contributed by atoms with Crippen LogP contribution < -0.4 is 5.32 Å². The van der Waals surface area contributed by atoms with Crippen LogP contribution in [-0.4, -0.2) is 33.3 Å². The largest absolute Gasteiger partial charge is 0.479 e. The van der Waals surface area contributed by atoms with Gasteiger partial charge in [0.15, 0.2) is 5.78 Å². The van der Waals surface area contributed by atoms with E-state index in [9.17, 15) is 24.8 Å². The van der Waals surface area contributed by atoms with Crippen molar-refractivity contribution in [2.45, 2.75) is 24.4 Å².